The molecule has 0 atom stereocenters. The van der Waals surface area contributed by atoms with Gasteiger partial charge >= 0.3 is 6.36 Å². The lowest BCUT2D eigenvalue weighted by molar-refractivity contribution is -0.275. The fourth-order valence-corrected chi connectivity index (χ4v) is 1.35. The van der Waals surface area contributed by atoms with Gasteiger partial charge in [0.1, 0.15) is 6.67 Å². The number of aromatic nitrogens is 1. The molecule has 0 aliphatic rings. The topological polar surface area (TPSA) is 55.1 Å². The summed E-state index contributed by atoms with van der Waals surface area (Å²) in [6, 6.07) is 1.70. The molecule has 1 aromatic rings. The monoisotopic (exact) mass is 264 g/mol. The van der Waals surface area contributed by atoms with Crippen LogP contribution in [0.2, 0.25) is 0 Å². The number of hydrogen-bond donors (Lipinski definition) is 0. The second kappa shape index (κ2) is 5.53. The lowest BCUT2D eigenvalue weighted by atomic mass is 10.1. The largest absolute Gasteiger partial charge is 0.573 e. The zero-order chi connectivity index (χ0) is 13.8. The van der Waals surface area contributed by atoms with E-state index in [9.17, 15) is 17.6 Å². The Balaban J connectivity index is 3.29. The van der Waals surface area contributed by atoms with Crippen LogP contribution in [-0.4, -0.2) is 18.5 Å². The van der Waals surface area contributed by atoms with Gasteiger partial charge in [-0.3, -0.25) is 4.98 Å². The van der Waals surface area contributed by atoms with Crippen molar-refractivity contribution in [3.63, 3.8) is 0 Å². The molecule has 0 N–H and O–H groups in total. The lowest BCUT2D eigenvalue weighted by Crippen LogP contribution is -2.18. The Hall–Kier alpha value is -2.04. The van der Waals surface area contributed by atoms with E-state index < -0.39 is 18.8 Å². The minimum Gasteiger partial charge on any atom is -0.492 e. The molecule has 4 nitrogen and oxygen atoms in total. The molecule has 1 heterocycles. The third-order valence-corrected chi connectivity index (χ3v) is 2.00. The van der Waals surface area contributed by atoms with Gasteiger partial charge in [0.2, 0.25) is 0 Å². The zero-order valence-corrected chi connectivity index (χ0v) is 9.21. The molecule has 98 valence electrons. The predicted molar refractivity (Wildman–Crippen MR) is 51.6 cm³/mol. The van der Waals surface area contributed by atoms with Crippen molar-refractivity contribution >= 4 is 0 Å². The van der Waals surface area contributed by atoms with E-state index in [1.165, 1.54) is 0 Å². The molecule has 0 fully saturated rings. The van der Waals surface area contributed by atoms with E-state index in [4.69, 9.17) is 10.00 Å². The summed E-state index contributed by atoms with van der Waals surface area (Å²) in [6.07, 6.45) is -4.54. The normalized spacial score (nSPS) is 10.9. The van der Waals surface area contributed by atoms with Crippen LogP contribution in [0, 0.1) is 11.3 Å². The van der Waals surface area contributed by atoms with Crippen molar-refractivity contribution in [2.24, 2.45) is 0 Å². The number of alkyl halides is 4. The van der Waals surface area contributed by atoms with Crippen LogP contribution in [0.15, 0.2) is 6.20 Å². The van der Waals surface area contributed by atoms with Crippen LogP contribution in [0.5, 0.6) is 11.5 Å². The van der Waals surface area contributed by atoms with Gasteiger partial charge in [0.15, 0.2) is 11.5 Å². The molecule has 0 aromatic carbocycles. The first-order chi connectivity index (χ1) is 8.42. The molecule has 1 rings (SSSR count). The average molecular weight is 264 g/mol. The first-order valence-corrected chi connectivity index (χ1v) is 4.66. The molecule has 1 aromatic heterocycles. The minimum absolute atomic E-state index is 0.0516. The first-order valence-electron chi connectivity index (χ1n) is 4.66. The SMILES string of the molecule is COc1c(OC(F)(F)F)cnc(CF)c1CC#N. The van der Waals surface area contributed by atoms with Gasteiger partial charge in [0.05, 0.1) is 31.5 Å². The van der Waals surface area contributed by atoms with E-state index in [1.807, 2.05) is 0 Å². The lowest BCUT2D eigenvalue weighted by Gasteiger charge is -2.15. The van der Waals surface area contributed by atoms with E-state index in [2.05, 4.69) is 9.72 Å². The Morgan fingerprint density at radius 3 is 2.56 bits per heavy atom. The number of hydrogen-bond acceptors (Lipinski definition) is 4. The molecular formula is C10H8F4N2O2. The summed E-state index contributed by atoms with van der Waals surface area (Å²) in [7, 11) is 1.10. The molecule has 0 saturated carbocycles. The second-order valence-corrected chi connectivity index (χ2v) is 3.10. The fourth-order valence-electron chi connectivity index (χ4n) is 1.35. The standard InChI is InChI=1S/C10H8F4N2O2/c1-17-9-6(2-3-15)7(4-11)16-5-8(9)18-10(12,13)14/h5H,2,4H2,1H3. The molecule has 0 aliphatic carbocycles. The third kappa shape index (κ3) is 3.23. The van der Waals surface area contributed by atoms with Crippen molar-refractivity contribution in [1.29, 1.82) is 5.26 Å². The maximum absolute atomic E-state index is 12.6. The Labute approximate surface area is 99.8 Å². The van der Waals surface area contributed by atoms with Gasteiger partial charge < -0.3 is 9.47 Å². The number of rotatable bonds is 4. The van der Waals surface area contributed by atoms with Gasteiger partial charge in [-0.25, -0.2) is 4.39 Å². The number of ether oxygens (including phenoxy) is 2. The van der Waals surface area contributed by atoms with Crippen molar-refractivity contribution < 1.29 is 27.0 Å². The molecule has 18 heavy (non-hydrogen) atoms. The highest BCUT2D eigenvalue weighted by atomic mass is 19.4. The predicted octanol–water partition coefficient (Wildman–Crippen LogP) is 2.52. The number of nitriles is 1. The molecule has 0 amide bonds. The Bertz CT molecular complexity index is 468. The number of pyridine rings is 1. The summed E-state index contributed by atoms with van der Waals surface area (Å²) in [4.78, 5) is 3.48. The Morgan fingerprint density at radius 2 is 2.11 bits per heavy atom. The molecule has 0 bridgehead atoms. The average Bonchev–Trinajstić information content (AvgIpc) is 2.28. The smallest absolute Gasteiger partial charge is 0.492 e. The van der Waals surface area contributed by atoms with Crippen LogP contribution < -0.4 is 9.47 Å². The van der Waals surface area contributed by atoms with Crippen molar-refractivity contribution in [2.45, 2.75) is 19.5 Å². The van der Waals surface area contributed by atoms with Crippen LogP contribution in [-0.2, 0) is 13.1 Å². The number of nitrogens with zero attached hydrogens (tertiary/aromatic N) is 2. The molecular weight excluding hydrogens is 256 g/mol. The quantitative estimate of drug-likeness (QED) is 0.784. The molecule has 0 aliphatic heterocycles. The van der Waals surface area contributed by atoms with E-state index in [-0.39, 0.29) is 23.4 Å². The van der Waals surface area contributed by atoms with Crippen molar-refractivity contribution in [2.75, 3.05) is 7.11 Å². The summed E-state index contributed by atoms with van der Waals surface area (Å²) < 4.78 is 57.4. The molecule has 0 saturated heterocycles. The number of halogens is 4. The highest BCUT2D eigenvalue weighted by Gasteiger charge is 2.33. The third-order valence-electron chi connectivity index (χ3n) is 2.00. The van der Waals surface area contributed by atoms with E-state index in [0.29, 0.717) is 6.20 Å². The van der Waals surface area contributed by atoms with Crippen molar-refractivity contribution in [3.8, 4) is 17.6 Å². The summed E-state index contributed by atoms with van der Waals surface area (Å²) >= 11 is 0. The van der Waals surface area contributed by atoms with Crippen LogP contribution in [0.4, 0.5) is 17.6 Å². The van der Waals surface area contributed by atoms with Crippen LogP contribution in [0.3, 0.4) is 0 Å². The van der Waals surface area contributed by atoms with Gasteiger partial charge in [-0.1, -0.05) is 0 Å². The van der Waals surface area contributed by atoms with Gasteiger partial charge in [0.25, 0.3) is 0 Å². The fraction of sp³-hybridized carbons (Fsp3) is 0.400. The first kappa shape index (κ1) is 14.0. The van der Waals surface area contributed by atoms with E-state index in [0.717, 1.165) is 7.11 Å². The summed E-state index contributed by atoms with van der Waals surface area (Å²) in [6.45, 7) is -1.01. The minimum atomic E-state index is -4.92. The van der Waals surface area contributed by atoms with Crippen LogP contribution in [0.25, 0.3) is 0 Å². The molecule has 0 radical (unpaired) electrons. The molecule has 0 unspecified atom stereocenters. The van der Waals surface area contributed by atoms with Gasteiger partial charge in [-0.05, 0) is 0 Å². The van der Waals surface area contributed by atoms with E-state index in [1.54, 1.807) is 6.07 Å². The molecule has 0 spiro atoms. The maximum Gasteiger partial charge on any atom is 0.573 e. The number of methoxy groups -OCH3 is 1. The Morgan fingerprint density at radius 1 is 1.44 bits per heavy atom. The van der Waals surface area contributed by atoms with Crippen LogP contribution >= 0.6 is 0 Å². The highest BCUT2D eigenvalue weighted by Crippen LogP contribution is 2.36. The van der Waals surface area contributed by atoms with Gasteiger partial charge in [-0.2, -0.15) is 5.26 Å². The van der Waals surface area contributed by atoms with E-state index >= 15 is 0 Å². The van der Waals surface area contributed by atoms with Crippen molar-refractivity contribution in [1.82, 2.24) is 4.98 Å². The second-order valence-electron chi connectivity index (χ2n) is 3.10. The zero-order valence-electron chi connectivity index (χ0n) is 9.21. The Kier molecular flexibility index (Phi) is 4.31. The van der Waals surface area contributed by atoms with Crippen LogP contribution in [0.1, 0.15) is 11.3 Å². The maximum atomic E-state index is 12.6. The van der Waals surface area contributed by atoms with Gasteiger partial charge in [-0.15, -0.1) is 13.2 Å². The summed E-state index contributed by atoms with van der Waals surface area (Å²) in [5, 5.41) is 8.56. The summed E-state index contributed by atoms with van der Waals surface area (Å²) in [5.41, 5.74) is -0.202. The van der Waals surface area contributed by atoms with Crippen molar-refractivity contribution in [3.05, 3.63) is 17.5 Å². The van der Waals surface area contributed by atoms with Gasteiger partial charge in [0, 0.05) is 5.56 Å². The summed E-state index contributed by atoms with van der Waals surface area (Å²) in [5.74, 6) is -1.04. The highest BCUT2D eigenvalue weighted by molar-refractivity contribution is 5.48. The molecule has 8 heteroatoms.